The Morgan fingerprint density at radius 1 is 0.941 bits per heavy atom. The zero-order chi connectivity index (χ0) is 12.9. The van der Waals surface area contributed by atoms with E-state index in [2.05, 4.69) is 36.3 Å². The molecular weight excluding hydrogens is 210 g/mol. The van der Waals surface area contributed by atoms with Crippen LogP contribution < -0.4 is 10.6 Å². The van der Waals surface area contributed by atoms with Crippen molar-refractivity contribution in [1.29, 1.82) is 0 Å². The number of rotatable bonds is 12. The second-order valence-electron chi connectivity index (χ2n) is 5.11. The highest BCUT2D eigenvalue weighted by molar-refractivity contribution is 4.61. The van der Waals surface area contributed by atoms with E-state index in [1.165, 1.54) is 45.3 Å². The molecule has 0 unspecified atom stereocenters. The van der Waals surface area contributed by atoms with Crippen LogP contribution in [0.25, 0.3) is 0 Å². The molecule has 3 heteroatoms. The molecule has 17 heavy (non-hydrogen) atoms. The number of nitrogens with zero attached hydrogens (tertiary/aromatic N) is 1. The van der Waals surface area contributed by atoms with Gasteiger partial charge in [-0.25, -0.2) is 0 Å². The summed E-state index contributed by atoms with van der Waals surface area (Å²) >= 11 is 0. The van der Waals surface area contributed by atoms with Crippen molar-refractivity contribution in [1.82, 2.24) is 15.5 Å². The first-order chi connectivity index (χ1) is 8.20. The van der Waals surface area contributed by atoms with E-state index in [4.69, 9.17) is 0 Å². The molecule has 0 amide bonds. The highest BCUT2D eigenvalue weighted by atomic mass is 15.1. The van der Waals surface area contributed by atoms with Crippen LogP contribution in [0.15, 0.2) is 0 Å². The van der Waals surface area contributed by atoms with Crippen molar-refractivity contribution in [2.75, 3.05) is 39.8 Å². The van der Waals surface area contributed by atoms with Crippen LogP contribution in [0.3, 0.4) is 0 Å². The predicted molar refractivity (Wildman–Crippen MR) is 77.6 cm³/mol. The summed E-state index contributed by atoms with van der Waals surface area (Å²) in [6, 6.07) is 0.614. The van der Waals surface area contributed by atoms with Gasteiger partial charge in [-0.15, -0.1) is 0 Å². The van der Waals surface area contributed by atoms with Gasteiger partial charge >= 0.3 is 0 Å². The molecule has 0 bridgehead atoms. The Hall–Kier alpha value is -0.120. The van der Waals surface area contributed by atoms with Crippen molar-refractivity contribution in [3.8, 4) is 0 Å². The van der Waals surface area contributed by atoms with Gasteiger partial charge in [0.25, 0.3) is 0 Å². The molecule has 104 valence electrons. The zero-order valence-corrected chi connectivity index (χ0v) is 12.4. The third-order valence-corrected chi connectivity index (χ3v) is 2.93. The fourth-order valence-corrected chi connectivity index (χ4v) is 1.89. The van der Waals surface area contributed by atoms with E-state index in [0.29, 0.717) is 6.04 Å². The molecule has 0 aliphatic carbocycles. The van der Waals surface area contributed by atoms with Gasteiger partial charge in [0.1, 0.15) is 0 Å². The van der Waals surface area contributed by atoms with Crippen LogP contribution in [-0.4, -0.2) is 50.7 Å². The van der Waals surface area contributed by atoms with E-state index in [1.54, 1.807) is 0 Å². The quantitative estimate of drug-likeness (QED) is 0.514. The van der Waals surface area contributed by atoms with Crippen LogP contribution in [-0.2, 0) is 0 Å². The van der Waals surface area contributed by atoms with E-state index < -0.39 is 0 Å². The van der Waals surface area contributed by atoms with Crippen LogP contribution in [0.5, 0.6) is 0 Å². The van der Waals surface area contributed by atoms with Crippen molar-refractivity contribution >= 4 is 0 Å². The fourth-order valence-electron chi connectivity index (χ4n) is 1.89. The van der Waals surface area contributed by atoms with Gasteiger partial charge in [-0.3, -0.25) is 0 Å². The molecule has 0 aromatic heterocycles. The van der Waals surface area contributed by atoms with Crippen LogP contribution >= 0.6 is 0 Å². The van der Waals surface area contributed by atoms with Crippen LogP contribution in [0.2, 0.25) is 0 Å². The van der Waals surface area contributed by atoms with Gasteiger partial charge in [0.15, 0.2) is 0 Å². The fraction of sp³-hybridized carbons (Fsp3) is 1.00. The average molecular weight is 243 g/mol. The van der Waals surface area contributed by atoms with Crippen molar-refractivity contribution in [3.63, 3.8) is 0 Å². The maximum Gasteiger partial charge on any atom is 0.00103 e. The number of hydrogen-bond donors (Lipinski definition) is 2. The Labute approximate surface area is 108 Å². The largest absolute Gasteiger partial charge is 0.320 e. The van der Waals surface area contributed by atoms with Crippen LogP contribution in [0.1, 0.15) is 46.5 Å². The summed E-state index contributed by atoms with van der Waals surface area (Å²) in [6.45, 7) is 12.7. The molecule has 0 radical (unpaired) electrons. The van der Waals surface area contributed by atoms with Crippen molar-refractivity contribution in [2.45, 2.75) is 52.5 Å². The minimum atomic E-state index is 0.614. The molecular formula is C14H33N3. The molecule has 0 aliphatic heterocycles. The average Bonchev–Trinajstić information content (AvgIpc) is 2.30. The predicted octanol–water partition coefficient (Wildman–Crippen LogP) is 2.09. The number of nitrogens with one attached hydrogen (secondary N) is 2. The molecule has 0 atom stereocenters. The SMILES string of the molecule is CCCCN(CCCNC)CCCNC(C)C. The van der Waals surface area contributed by atoms with E-state index in [1.807, 2.05) is 7.05 Å². The lowest BCUT2D eigenvalue weighted by atomic mass is 10.2. The first-order valence-electron chi connectivity index (χ1n) is 7.31. The molecule has 0 heterocycles. The molecule has 2 N–H and O–H groups in total. The van der Waals surface area contributed by atoms with Gasteiger partial charge in [-0.05, 0) is 59.0 Å². The number of hydrogen-bond acceptors (Lipinski definition) is 3. The number of unbranched alkanes of at least 4 members (excludes halogenated alkanes) is 1. The molecule has 0 spiro atoms. The summed E-state index contributed by atoms with van der Waals surface area (Å²) in [4.78, 5) is 2.61. The lowest BCUT2D eigenvalue weighted by molar-refractivity contribution is 0.260. The maximum atomic E-state index is 3.49. The summed E-state index contributed by atoms with van der Waals surface area (Å²) in [5, 5.41) is 6.71. The molecule has 0 aromatic rings. The topological polar surface area (TPSA) is 27.3 Å². The standard InChI is InChI=1S/C14H33N3/c1-5-6-11-17(12-7-9-15-4)13-8-10-16-14(2)3/h14-16H,5-13H2,1-4H3. The Kier molecular flexibility index (Phi) is 12.3. The van der Waals surface area contributed by atoms with Gasteiger partial charge in [-0.1, -0.05) is 27.2 Å². The van der Waals surface area contributed by atoms with Gasteiger partial charge in [0.05, 0.1) is 0 Å². The van der Waals surface area contributed by atoms with Crippen LogP contribution in [0, 0.1) is 0 Å². The first-order valence-corrected chi connectivity index (χ1v) is 7.31. The summed E-state index contributed by atoms with van der Waals surface area (Å²) < 4.78 is 0. The highest BCUT2D eigenvalue weighted by Gasteiger charge is 2.03. The minimum absolute atomic E-state index is 0.614. The molecule has 0 rings (SSSR count). The van der Waals surface area contributed by atoms with Gasteiger partial charge in [0.2, 0.25) is 0 Å². The maximum absolute atomic E-state index is 3.49. The second-order valence-corrected chi connectivity index (χ2v) is 5.11. The zero-order valence-electron chi connectivity index (χ0n) is 12.4. The van der Waals surface area contributed by atoms with Gasteiger partial charge < -0.3 is 15.5 Å². The normalized spacial score (nSPS) is 11.6. The summed E-state index contributed by atoms with van der Waals surface area (Å²) in [5.41, 5.74) is 0. The molecule has 0 aliphatic rings. The molecule has 0 saturated carbocycles. The highest BCUT2D eigenvalue weighted by Crippen LogP contribution is 1.98. The first kappa shape index (κ1) is 16.9. The Morgan fingerprint density at radius 3 is 2.06 bits per heavy atom. The van der Waals surface area contributed by atoms with Crippen molar-refractivity contribution < 1.29 is 0 Å². The monoisotopic (exact) mass is 243 g/mol. The smallest absolute Gasteiger partial charge is 0.00103 e. The Morgan fingerprint density at radius 2 is 1.53 bits per heavy atom. The van der Waals surface area contributed by atoms with E-state index in [9.17, 15) is 0 Å². The van der Waals surface area contributed by atoms with Crippen molar-refractivity contribution in [2.24, 2.45) is 0 Å². The Bertz CT molecular complexity index is 148. The van der Waals surface area contributed by atoms with Crippen LogP contribution in [0.4, 0.5) is 0 Å². The van der Waals surface area contributed by atoms with E-state index in [-0.39, 0.29) is 0 Å². The lowest BCUT2D eigenvalue weighted by Gasteiger charge is -2.22. The summed E-state index contributed by atoms with van der Waals surface area (Å²) in [7, 11) is 2.03. The minimum Gasteiger partial charge on any atom is -0.320 e. The molecule has 0 saturated heterocycles. The summed E-state index contributed by atoms with van der Waals surface area (Å²) in [6.07, 6.45) is 5.16. The van der Waals surface area contributed by atoms with Crippen molar-refractivity contribution in [3.05, 3.63) is 0 Å². The van der Waals surface area contributed by atoms with Gasteiger partial charge in [-0.2, -0.15) is 0 Å². The molecule has 0 aromatic carbocycles. The third-order valence-electron chi connectivity index (χ3n) is 2.93. The lowest BCUT2D eigenvalue weighted by Crippen LogP contribution is -2.32. The molecule has 0 fully saturated rings. The van der Waals surface area contributed by atoms with E-state index >= 15 is 0 Å². The Balaban J connectivity index is 3.60. The van der Waals surface area contributed by atoms with E-state index in [0.717, 1.165) is 13.1 Å². The molecule has 3 nitrogen and oxygen atoms in total. The second kappa shape index (κ2) is 12.3. The van der Waals surface area contributed by atoms with Gasteiger partial charge in [0, 0.05) is 6.04 Å². The third kappa shape index (κ3) is 12.1. The summed E-state index contributed by atoms with van der Waals surface area (Å²) in [5.74, 6) is 0.